The molecule has 2 saturated heterocycles. The lowest BCUT2D eigenvalue weighted by molar-refractivity contribution is -0.0739. The highest BCUT2D eigenvalue weighted by Crippen LogP contribution is 2.20. The van der Waals surface area contributed by atoms with Gasteiger partial charge >= 0.3 is 0 Å². The van der Waals surface area contributed by atoms with Crippen LogP contribution in [-0.4, -0.2) is 39.0 Å². The molecule has 15 heavy (non-hydrogen) atoms. The van der Waals surface area contributed by atoms with Gasteiger partial charge in [-0.05, 0) is 0 Å². The van der Waals surface area contributed by atoms with Crippen molar-refractivity contribution in [2.75, 3.05) is 26.4 Å². The van der Waals surface area contributed by atoms with Gasteiger partial charge in [0.25, 0.3) is 0 Å². The van der Waals surface area contributed by atoms with E-state index >= 15 is 0 Å². The van der Waals surface area contributed by atoms with E-state index in [9.17, 15) is 0 Å². The van der Waals surface area contributed by atoms with E-state index in [0.29, 0.717) is 37.9 Å². The van der Waals surface area contributed by atoms with Crippen LogP contribution >= 0.6 is 0 Å². The first-order valence-electron chi connectivity index (χ1n) is 4.79. The van der Waals surface area contributed by atoms with Crippen LogP contribution in [0.15, 0.2) is 24.7 Å². The largest absolute Gasteiger partial charge is 0.457 e. The van der Waals surface area contributed by atoms with E-state index in [1.54, 1.807) is 0 Å². The van der Waals surface area contributed by atoms with E-state index in [1.807, 2.05) is 0 Å². The fraction of sp³-hybridized carbons (Fsp3) is 0.600. The molecule has 0 N–H and O–H groups in total. The number of ether oxygens (including phenoxy) is 5. The van der Waals surface area contributed by atoms with Gasteiger partial charge in [0.1, 0.15) is 0 Å². The minimum atomic E-state index is -0.511. The van der Waals surface area contributed by atoms with Crippen LogP contribution in [0.25, 0.3) is 0 Å². The Balaban J connectivity index is 1.79. The van der Waals surface area contributed by atoms with Crippen LogP contribution in [0, 0.1) is 0 Å². The lowest BCUT2D eigenvalue weighted by atomic mass is 10.5. The highest BCUT2D eigenvalue weighted by atomic mass is 16.7. The summed E-state index contributed by atoms with van der Waals surface area (Å²) < 4.78 is 26.2. The number of hydrogen-bond acceptors (Lipinski definition) is 5. The summed E-state index contributed by atoms with van der Waals surface area (Å²) in [5.41, 5.74) is 0. The minimum absolute atomic E-state index is 0.372. The maximum Gasteiger partial charge on any atom is 0.216 e. The van der Waals surface area contributed by atoms with Gasteiger partial charge in [0, 0.05) is 0 Å². The molecule has 0 unspecified atom stereocenters. The molecule has 2 fully saturated rings. The Morgan fingerprint density at radius 1 is 0.800 bits per heavy atom. The van der Waals surface area contributed by atoms with Crippen LogP contribution in [0.5, 0.6) is 0 Å². The smallest absolute Gasteiger partial charge is 0.216 e. The third-order valence-corrected chi connectivity index (χ3v) is 2.03. The van der Waals surface area contributed by atoms with Crippen LogP contribution in [0.4, 0.5) is 0 Å². The number of hydrogen-bond donors (Lipinski definition) is 0. The summed E-state index contributed by atoms with van der Waals surface area (Å²) in [5, 5.41) is 0. The van der Waals surface area contributed by atoms with Gasteiger partial charge in [-0.3, -0.25) is 0 Å². The van der Waals surface area contributed by atoms with E-state index in [0.717, 1.165) is 0 Å². The third-order valence-electron chi connectivity index (χ3n) is 2.03. The molecule has 0 spiro atoms. The summed E-state index contributed by atoms with van der Waals surface area (Å²) >= 11 is 0. The molecule has 0 radical (unpaired) electrons. The monoisotopic (exact) mass is 214 g/mol. The Kier molecular flexibility index (Phi) is 3.37. The van der Waals surface area contributed by atoms with E-state index < -0.39 is 12.6 Å². The van der Waals surface area contributed by atoms with Crippen molar-refractivity contribution in [2.45, 2.75) is 12.6 Å². The molecule has 2 aliphatic rings. The van der Waals surface area contributed by atoms with Gasteiger partial charge in [-0.15, -0.1) is 0 Å². The molecule has 84 valence electrons. The maximum absolute atomic E-state index is 5.33. The molecule has 0 aromatic carbocycles. The Labute approximate surface area is 88.2 Å². The van der Waals surface area contributed by atoms with Gasteiger partial charge in [-0.2, -0.15) is 0 Å². The van der Waals surface area contributed by atoms with Crippen molar-refractivity contribution in [1.82, 2.24) is 0 Å². The normalized spacial score (nSPS) is 23.2. The first-order valence-corrected chi connectivity index (χ1v) is 4.79. The Bertz CT molecular complexity index is 225. The standard InChI is InChI=1S/C10H14O5/c1-7(9-11-3-4-12-9)15-8(2)10-13-5-6-14-10/h9-10H,1-6H2. The zero-order valence-electron chi connectivity index (χ0n) is 8.44. The summed E-state index contributed by atoms with van der Waals surface area (Å²) in [6.07, 6.45) is -1.02. The molecular weight excluding hydrogens is 200 g/mol. The van der Waals surface area contributed by atoms with Crippen molar-refractivity contribution < 1.29 is 23.7 Å². The van der Waals surface area contributed by atoms with Gasteiger partial charge in [0.05, 0.1) is 26.4 Å². The fourth-order valence-corrected chi connectivity index (χ4v) is 1.35. The van der Waals surface area contributed by atoms with Crippen LogP contribution in [-0.2, 0) is 23.7 Å². The van der Waals surface area contributed by atoms with Crippen LogP contribution < -0.4 is 0 Å². The SMILES string of the molecule is C=C(OC(=C)C1OCCO1)C1OCCO1. The Hall–Kier alpha value is -0.880. The van der Waals surface area contributed by atoms with Gasteiger partial charge in [0.15, 0.2) is 11.5 Å². The second-order valence-electron chi connectivity index (χ2n) is 3.18. The first-order chi connectivity index (χ1) is 7.27. The Morgan fingerprint density at radius 3 is 1.47 bits per heavy atom. The lowest BCUT2D eigenvalue weighted by Gasteiger charge is -2.17. The molecule has 0 atom stereocenters. The molecule has 5 heteroatoms. The molecule has 5 nitrogen and oxygen atoms in total. The van der Waals surface area contributed by atoms with Crippen LogP contribution in [0.3, 0.4) is 0 Å². The zero-order chi connectivity index (χ0) is 10.7. The van der Waals surface area contributed by atoms with E-state index in [4.69, 9.17) is 23.7 Å². The molecule has 0 aromatic heterocycles. The average molecular weight is 214 g/mol. The fourth-order valence-electron chi connectivity index (χ4n) is 1.35. The lowest BCUT2D eigenvalue weighted by Crippen LogP contribution is -2.18. The van der Waals surface area contributed by atoms with Crippen molar-refractivity contribution in [2.24, 2.45) is 0 Å². The second-order valence-corrected chi connectivity index (χ2v) is 3.18. The van der Waals surface area contributed by atoms with E-state index in [1.165, 1.54) is 0 Å². The Morgan fingerprint density at radius 2 is 1.13 bits per heavy atom. The predicted octanol–water partition coefficient (Wildman–Crippen LogP) is 0.776. The highest BCUT2D eigenvalue weighted by Gasteiger charge is 2.26. The van der Waals surface area contributed by atoms with Crippen molar-refractivity contribution in [1.29, 1.82) is 0 Å². The molecule has 2 aliphatic heterocycles. The van der Waals surface area contributed by atoms with Crippen LogP contribution in [0.2, 0.25) is 0 Å². The zero-order valence-corrected chi connectivity index (χ0v) is 8.44. The van der Waals surface area contributed by atoms with Crippen molar-refractivity contribution >= 4 is 0 Å². The predicted molar refractivity (Wildman–Crippen MR) is 50.7 cm³/mol. The molecule has 0 bridgehead atoms. The summed E-state index contributed by atoms with van der Waals surface area (Å²) in [6, 6.07) is 0. The van der Waals surface area contributed by atoms with Gasteiger partial charge in [-0.1, -0.05) is 13.2 Å². The molecular formula is C10H14O5. The molecule has 0 aliphatic carbocycles. The van der Waals surface area contributed by atoms with Crippen molar-refractivity contribution in [3.05, 3.63) is 24.7 Å². The highest BCUT2D eigenvalue weighted by molar-refractivity contribution is 4.99. The minimum Gasteiger partial charge on any atom is -0.457 e. The van der Waals surface area contributed by atoms with Crippen molar-refractivity contribution in [3.63, 3.8) is 0 Å². The van der Waals surface area contributed by atoms with E-state index in [-0.39, 0.29) is 0 Å². The van der Waals surface area contributed by atoms with E-state index in [2.05, 4.69) is 13.2 Å². The summed E-state index contributed by atoms with van der Waals surface area (Å²) in [7, 11) is 0. The third kappa shape index (κ3) is 2.57. The summed E-state index contributed by atoms with van der Waals surface area (Å²) in [4.78, 5) is 0. The molecule has 2 rings (SSSR count). The second kappa shape index (κ2) is 4.76. The summed E-state index contributed by atoms with van der Waals surface area (Å²) in [6.45, 7) is 9.61. The van der Waals surface area contributed by atoms with Gasteiger partial charge < -0.3 is 23.7 Å². The van der Waals surface area contributed by atoms with Crippen LogP contribution in [0.1, 0.15) is 0 Å². The number of rotatable bonds is 4. The molecule has 0 aromatic rings. The topological polar surface area (TPSA) is 46.2 Å². The molecule has 2 heterocycles. The van der Waals surface area contributed by atoms with Gasteiger partial charge in [-0.25, -0.2) is 0 Å². The van der Waals surface area contributed by atoms with Gasteiger partial charge in [0.2, 0.25) is 12.6 Å². The first kappa shape index (κ1) is 10.6. The van der Waals surface area contributed by atoms with Crippen molar-refractivity contribution in [3.8, 4) is 0 Å². The molecule has 0 saturated carbocycles. The molecule has 0 amide bonds. The average Bonchev–Trinajstić information content (AvgIpc) is 2.91. The maximum atomic E-state index is 5.33. The quantitative estimate of drug-likeness (QED) is 0.647. The summed E-state index contributed by atoms with van der Waals surface area (Å²) in [5.74, 6) is 0.744.